The van der Waals surface area contributed by atoms with Crippen molar-refractivity contribution in [3.05, 3.63) is 71.4 Å². The molecule has 0 aliphatic rings. The highest BCUT2D eigenvalue weighted by Crippen LogP contribution is 2.26. The lowest BCUT2D eigenvalue weighted by atomic mass is 10.1. The van der Waals surface area contributed by atoms with Crippen LogP contribution in [0.5, 0.6) is 5.75 Å². The third-order valence-electron chi connectivity index (χ3n) is 4.91. The van der Waals surface area contributed by atoms with Crippen molar-refractivity contribution in [2.45, 2.75) is 33.1 Å². The van der Waals surface area contributed by atoms with Crippen LogP contribution in [-0.4, -0.2) is 21.9 Å². The molecule has 30 heavy (non-hydrogen) atoms. The summed E-state index contributed by atoms with van der Waals surface area (Å²) in [4.78, 5) is 18.3. The molecule has 154 valence electrons. The molecule has 0 unspecified atom stereocenters. The van der Waals surface area contributed by atoms with Gasteiger partial charge in [-0.25, -0.2) is 4.98 Å². The van der Waals surface area contributed by atoms with Crippen molar-refractivity contribution in [2.75, 3.05) is 11.9 Å². The molecule has 6 heteroatoms. The van der Waals surface area contributed by atoms with Crippen molar-refractivity contribution < 1.29 is 9.53 Å². The van der Waals surface area contributed by atoms with Crippen LogP contribution in [0.2, 0.25) is 0 Å². The zero-order chi connectivity index (χ0) is 20.9. The average molecular weight is 420 g/mol. The fourth-order valence-electron chi connectivity index (χ4n) is 3.27. The second-order valence-electron chi connectivity index (χ2n) is 7.13. The molecule has 0 aliphatic heterocycles. The molecule has 0 spiro atoms. The molecule has 4 rings (SSSR count). The highest BCUT2D eigenvalue weighted by molar-refractivity contribution is 7.15. The van der Waals surface area contributed by atoms with Crippen molar-refractivity contribution >= 4 is 27.9 Å². The Kier molecular flexibility index (Phi) is 6.14. The van der Waals surface area contributed by atoms with Gasteiger partial charge in [0, 0.05) is 22.8 Å². The summed E-state index contributed by atoms with van der Waals surface area (Å²) < 4.78 is 7.74. The van der Waals surface area contributed by atoms with E-state index in [1.54, 1.807) is 11.3 Å². The Balaban J connectivity index is 1.50. The molecule has 1 amide bonds. The molecule has 0 aliphatic carbocycles. The predicted octanol–water partition coefficient (Wildman–Crippen LogP) is 5.60. The maximum absolute atomic E-state index is 12.7. The molecule has 2 aromatic heterocycles. The Morgan fingerprint density at radius 2 is 1.93 bits per heavy atom. The molecule has 0 saturated heterocycles. The third kappa shape index (κ3) is 4.39. The van der Waals surface area contributed by atoms with Gasteiger partial charge in [0.1, 0.15) is 5.75 Å². The van der Waals surface area contributed by atoms with Crippen LogP contribution in [0.1, 0.15) is 31.5 Å². The lowest BCUT2D eigenvalue weighted by Gasteiger charge is -2.11. The number of carbonyl (C=O) groups excluding carboxylic acids is 1. The van der Waals surface area contributed by atoms with Gasteiger partial charge in [0.2, 0.25) is 5.91 Å². The van der Waals surface area contributed by atoms with E-state index in [1.807, 2.05) is 40.2 Å². The van der Waals surface area contributed by atoms with Crippen LogP contribution in [0.4, 0.5) is 5.69 Å². The Morgan fingerprint density at radius 3 is 2.70 bits per heavy atom. The second-order valence-corrected chi connectivity index (χ2v) is 7.96. The first-order valence-corrected chi connectivity index (χ1v) is 11.1. The number of aromatic nitrogens is 2. The molecule has 0 atom stereocenters. The topological polar surface area (TPSA) is 55.6 Å². The number of amides is 1. The number of ether oxygens (including phenoxy) is 1. The second kappa shape index (κ2) is 9.13. The van der Waals surface area contributed by atoms with Gasteiger partial charge in [0.25, 0.3) is 0 Å². The predicted molar refractivity (Wildman–Crippen MR) is 122 cm³/mol. The third-order valence-corrected chi connectivity index (χ3v) is 5.79. The Labute approximate surface area is 180 Å². The summed E-state index contributed by atoms with van der Waals surface area (Å²) in [6.45, 7) is 4.82. The maximum Gasteiger partial charge on any atom is 0.230 e. The van der Waals surface area contributed by atoms with Gasteiger partial charge in [-0.2, -0.15) is 0 Å². The number of anilines is 1. The number of aryl methyl sites for hydroxylation is 1. The highest BCUT2D eigenvalue weighted by atomic mass is 32.1. The van der Waals surface area contributed by atoms with Gasteiger partial charge in [-0.15, -0.1) is 11.3 Å². The van der Waals surface area contributed by atoms with Gasteiger partial charge in [-0.05, 0) is 30.5 Å². The summed E-state index contributed by atoms with van der Waals surface area (Å²) in [7, 11) is 0. The fraction of sp³-hybridized carbons (Fsp3) is 0.250. The number of benzene rings is 2. The Hall–Kier alpha value is -3.12. The zero-order valence-electron chi connectivity index (χ0n) is 17.2. The number of nitrogens with zero attached hydrogens (tertiary/aromatic N) is 2. The van der Waals surface area contributed by atoms with E-state index in [9.17, 15) is 4.79 Å². The smallest absolute Gasteiger partial charge is 0.230 e. The number of nitrogens with one attached hydrogen (secondary N) is 1. The quantitative estimate of drug-likeness (QED) is 0.405. The van der Waals surface area contributed by atoms with Gasteiger partial charge in [-0.1, -0.05) is 50.2 Å². The number of thiazole rings is 1. The van der Waals surface area contributed by atoms with Crippen LogP contribution in [0, 0.1) is 0 Å². The van der Waals surface area contributed by atoms with Gasteiger partial charge in [0.05, 0.1) is 24.4 Å². The molecule has 2 aromatic carbocycles. The van der Waals surface area contributed by atoms with E-state index in [2.05, 4.69) is 43.4 Å². The first-order valence-electron chi connectivity index (χ1n) is 10.2. The largest absolute Gasteiger partial charge is 0.491 e. The molecule has 0 saturated carbocycles. The van der Waals surface area contributed by atoms with Crippen LogP contribution < -0.4 is 10.1 Å². The lowest BCUT2D eigenvalue weighted by Crippen LogP contribution is -2.16. The normalized spacial score (nSPS) is 11.0. The van der Waals surface area contributed by atoms with Crippen molar-refractivity contribution in [2.24, 2.45) is 0 Å². The van der Waals surface area contributed by atoms with Gasteiger partial charge in [-0.3, -0.25) is 9.20 Å². The SMILES string of the molecule is CCCOc1ccccc1NC(=O)Cc1csc2nc(-c3ccc(CC)cc3)cn12. The van der Waals surface area contributed by atoms with Gasteiger partial charge in [0.15, 0.2) is 4.96 Å². The first kappa shape index (κ1) is 20.2. The fourth-order valence-corrected chi connectivity index (χ4v) is 4.15. The summed E-state index contributed by atoms with van der Waals surface area (Å²) in [6.07, 6.45) is 4.21. The summed E-state index contributed by atoms with van der Waals surface area (Å²) in [5, 5.41) is 4.97. The Morgan fingerprint density at radius 1 is 1.13 bits per heavy atom. The molecular formula is C24H25N3O2S. The Bertz CT molecular complexity index is 1140. The van der Waals surface area contributed by atoms with Crippen molar-refractivity contribution in [3.63, 3.8) is 0 Å². The van der Waals surface area contributed by atoms with Crippen molar-refractivity contribution in [3.8, 4) is 17.0 Å². The van der Waals surface area contributed by atoms with Crippen molar-refractivity contribution in [1.29, 1.82) is 0 Å². The van der Waals surface area contributed by atoms with Crippen LogP contribution in [0.15, 0.2) is 60.1 Å². The first-order chi connectivity index (χ1) is 14.7. The zero-order valence-corrected chi connectivity index (χ0v) is 18.0. The van der Waals surface area contributed by atoms with E-state index in [-0.39, 0.29) is 12.3 Å². The van der Waals surface area contributed by atoms with E-state index >= 15 is 0 Å². The van der Waals surface area contributed by atoms with E-state index in [0.717, 1.165) is 34.8 Å². The molecule has 4 aromatic rings. The van der Waals surface area contributed by atoms with Crippen LogP contribution >= 0.6 is 11.3 Å². The maximum atomic E-state index is 12.7. The van der Waals surface area contributed by atoms with Gasteiger partial charge >= 0.3 is 0 Å². The average Bonchev–Trinajstić information content (AvgIpc) is 3.35. The van der Waals surface area contributed by atoms with Crippen LogP contribution in [0.25, 0.3) is 16.2 Å². The molecule has 2 heterocycles. The number of carbonyl (C=O) groups is 1. The lowest BCUT2D eigenvalue weighted by molar-refractivity contribution is -0.115. The van der Waals surface area contributed by atoms with E-state index in [4.69, 9.17) is 9.72 Å². The number of hydrogen-bond donors (Lipinski definition) is 1. The summed E-state index contributed by atoms with van der Waals surface area (Å²) in [5.41, 5.74) is 4.93. The van der Waals surface area contributed by atoms with E-state index < -0.39 is 0 Å². The van der Waals surface area contributed by atoms with Crippen molar-refractivity contribution in [1.82, 2.24) is 9.38 Å². The standard InChI is InChI=1S/C24H25N3O2S/c1-3-13-29-22-8-6-5-7-20(22)25-23(28)14-19-16-30-24-26-21(15-27(19)24)18-11-9-17(4-2)10-12-18/h5-12,15-16H,3-4,13-14H2,1-2H3,(H,25,28). The number of hydrogen-bond acceptors (Lipinski definition) is 4. The highest BCUT2D eigenvalue weighted by Gasteiger charge is 2.14. The number of para-hydroxylation sites is 2. The molecular weight excluding hydrogens is 394 g/mol. The summed E-state index contributed by atoms with van der Waals surface area (Å²) >= 11 is 1.55. The summed E-state index contributed by atoms with van der Waals surface area (Å²) in [6, 6.07) is 16.0. The minimum atomic E-state index is -0.0789. The molecule has 0 fully saturated rings. The number of imidazole rings is 1. The van der Waals surface area contributed by atoms with Crippen LogP contribution in [-0.2, 0) is 17.6 Å². The minimum Gasteiger partial charge on any atom is -0.491 e. The van der Waals surface area contributed by atoms with Gasteiger partial charge < -0.3 is 10.1 Å². The van der Waals surface area contributed by atoms with Crippen LogP contribution in [0.3, 0.4) is 0 Å². The molecule has 0 radical (unpaired) electrons. The molecule has 1 N–H and O–H groups in total. The summed E-state index contributed by atoms with van der Waals surface area (Å²) in [5.74, 6) is 0.619. The number of rotatable bonds is 8. The van der Waals surface area contributed by atoms with E-state index in [0.29, 0.717) is 18.0 Å². The number of fused-ring (bicyclic) bond motifs is 1. The monoisotopic (exact) mass is 419 g/mol. The molecule has 5 nitrogen and oxygen atoms in total. The molecule has 0 bridgehead atoms. The van der Waals surface area contributed by atoms with E-state index in [1.165, 1.54) is 5.56 Å². The minimum absolute atomic E-state index is 0.0789.